The van der Waals surface area contributed by atoms with Gasteiger partial charge in [0.05, 0.1) is 10.5 Å². The van der Waals surface area contributed by atoms with Crippen molar-refractivity contribution in [2.45, 2.75) is 11.1 Å². The summed E-state index contributed by atoms with van der Waals surface area (Å²) in [6, 6.07) is 1.93. The molecular weight excluding hydrogens is 437 g/mol. The Morgan fingerprint density at radius 1 is 1.29 bits per heavy atom. The molecule has 0 aliphatic rings. The molecule has 0 radical (unpaired) electrons. The minimum Gasteiger partial charge on any atom is -0.558 e. The first-order chi connectivity index (χ1) is 12.6. The van der Waals surface area contributed by atoms with Crippen LogP contribution in [0.5, 0.6) is 0 Å². The maximum atomic E-state index is 13.3. The minimum absolute atomic E-state index is 0.215. The van der Waals surface area contributed by atoms with Gasteiger partial charge in [0.25, 0.3) is 0 Å². The van der Waals surface area contributed by atoms with Crippen molar-refractivity contribution in [2.24, 2.45) is 0 Å². The molecule has 13 nitrogen and oxygen atoms in total. The lowest BCUT2D eigenvalue weighted by atomic mass is 9.81. The molecule has 0 aliphatic carbocycles. The lowest BCUT2D eigenvalue weighted by Crippen LogP contribution is -2.50. The molecule has 0 aliphatic heterocycles. The molecule has 0 bridgehead atoms. The molecule has 0 atom stereocenters. The highest BCUT2D eigenvalue weighted by Crippen LogP contribution is 2.39. The van der Waals surface area contributed by atoms with Crippen LogP contribution in [0, 0.1) is 0 Å². The van der Waals surface area contributed by atoms with Crippen molar-refractivity contribution in [3.8, 4) is 11.4 Å². The second-order valence-electron chi connectivity index (χ2n) is 5.25. The van der Waals surface area contributed by atoms with Gasteiger partial charge < -0.3 is 24.3 Å². The van der Waals surface area contributed by atoms with E-state index in [9.17, 15) is 36.2 Å². The number of benzene rings is 1. The van der Waals surface area contributed by atoms with E-state index in [2.05, 4.69) is 19.9 Å². The summed E-state index contributed by atoms with van der Waals surface area (Å²) in [4.78, 5) is 15.7. The summed E-state index contributed by atoms with van der Waals surface area (Å²) in [6.07, 6.45) is -6.68. The molecule has 0 saturated carbocycles. The van der Waals surface area contributed by atoms with Crippen LogP contribution >= 0.6 is 7.82 Å². The van der Waals surface area contributed by atoms with Crippen molar-refractivity contribution >= 4 is 24.6 Å². The molecule has 28 heavy (non-hydrogen) atoms. The van der Waals surface area contributed by atoms with Crippen molar-refractivity contribution in [3.05, 3.63) is 23.8 Å². The maximum Gasteiger partial charge on any atom is 0.430 e. The zero-order valence-corrected chi connectivity index (χ0v) is 15.0. The Bertz CT molecular complexity index is 996. The highest BCUT2D eigenvalue weighted by Gasteiger charge is 2.39. The normalized spacial score (nSPS) is 13.7. The molecule has 19 heteroatoms. The van der Waals surface area contributed by atoms with Crippen molar-refractivity contribution < 1.29 is 50.4 Å². The van der Waals surface area contributed by atoms with Crippen molar-refractivity contribution in [3.63, 3.8) is 0 Å². The maximum absolute atomic E-state index is 13.3. The third kappa shape index (κ3) is 5.79. The molecule has 1 heterocycles. The Kier molecular flexibility index (Phi) is 5.98. The van der Waals surface area contributed by atoms with Gasteiger partial charge in [0.1, 0.15) is 0 Å². The van der Waals surface area contributed by atoms with E-state index in [4.69, 9.17) is 9.79 Å². The number of halogens is 3. The number of hydrogen-bond donors (Lipinski definition) is 6. The second kappa shape index (κ2) is 7.49. The standard InChI is InChI=1S/C9H11BF3N5O8PS/c11-9(12,13)6-3-5(8-15-17-18-16-8)1-2-7(6)28(24,25)14-4-10(19,20)26-27(21,22)23/h1-3,14,19-20H,4H2,(H2,21,22,23)(H,15,16,17,18)/q-1. The second-order valence-corrected chi connectivity index (χ2v) is 8.18. The number of alkyl halides is 3. The Morgan fingerprint density at radius 2 is 1.93 bits per heavy atom. The van der Waals surface area contributed by atoms with Gasteiger partial charge in [-0.15, -0.1) is 10.2 Å². The average Bonchev–Trinajstić information content (AvgIpc) is 3.04. The summed E-state index contributed by atoms with van der Waals surface area (Å²) in [7, 11) is -10.4. The molecule has 1 aromatic heterocycles. The average molecular weight is 448 g/mol. The van der Waals surface area contributed by atoms with Gasteiger partial charge >= 0.3 is 20.8 Å². The van der Waals surface area contributed by atoms with E-state index in [1.807, 2.05) is 5.21 Å². The van der Waals surface area contributed by atoms with E-state index in [1.54, 1.807) is 0 Å². The van der Waals surface area contributed by atoms with Gasteiger partial charge in [0.15, 0.2) is 0 Å². The first-order valence-corrected chi connectivity index (χ1v) is 9.93. The first kappa shape index (κ1) is 22.4. The molecule has 0 unspecified atom stereocenters. The number of nitrogens with one attached hydrogen (secondary N) is 2. The summed E-state index contributed by atoms with van der Waals surface area (Å²) in [5, 5.41) is 30.7. The van der Waals surface area contributed by atoms with Crippen LogP contribution in [-0.2, 0) is 25.2 Å². The first-order valence-electron chi connectivity index (χ1n) is 6.92. The number of nitrogens with zero attached hydrogens (tertiary/aromatic N) is 3. The van der Waals surface area contributed by atoms with Gasteiger partial charge in [0, 0.05) is 5.56 Å². The summed E-state index contributed by atoms with van der Waals surface area (Å²) in [5.74, 6) is -0.245. The van der Waals surface area contributed by atoms with Gasteiger partial charge in [-0.3, -0.25) is 0 Å². The molecule has 2 rings (SSSR count). The van der Waals surface area contributed by atoms with Gasteiger partial charge in [0.2, 0.25) is 15.8 Å². The van der Waals surface area contributed by atoms with Crippen LogP contribution < -0.4 is 4.72 Å². The minimum atomic E-state index is -5.42. The molecule has 0 saturated heterocycles. The molecule has 6 N–H and O–H groups in total. The monoisotopic (exact) mass is 448 g/mol. The molecule has 0 spiro atoms. The topological polar surface area (TPSA) is 208 Å². The number of rotatable bonds is 7. The fourth-order valence-electron chi connectivity index (χ4n) is 1.96. The molecule has 0 fully saturated rings. The Hall–Kier alpha value is -1.92. The van der Waals surface area contributed by atoms with Crippen LogP contribution in [-0.4, -0.2) is 62.1 Å². The van der Waals surface area contributed by atoms with E-state index >= 15 is 0 Å². The Morgan fingerprint density at radius 3 is 2.43 bits per heavy atom. The molecule has 2 aromatic rings. The van der Waals surface area contributed by atoms with Crippen molar-refractivity contribution in [1.29, 1.82) is 0 Å². The van der Waals surface area contributed by atoms with E-state index in [0.29, 0.717) is 12.1 Å². The number of aromatic nitrogens is 4. The smallest absolute Gasteiger partial charge is 0.430 e. The van der Waals surface area contributed by atoms with Crippen LogP contribution in [0.1, 0.15) is 5.56 Å². The van der Waals surface area contributed by atoms with E-state index in [1.165, 1.54) is 4.72 Å². The third-order valence-electron chi connectivity index (χ3n) is 3.02. The fourth-order valence-corrected chi connectivity index (χ4v) is 3.78. The SMILES string of the molecule is O=P(O)(O)O[B-](O)(O)CNS(=O)(=O)c1ccc(-c2nn[nH]n2)cc1C(F)(F)F. The van der Waals surface area contributed by atoms with Crippen molar-refractivity contribution in [1.82, 2.24) is 25.3 Å². The van der Waals surface area contributed by atoms with Gasteiger partial charge in [-0.25, -0.2) is 17.7 Å². The fraction of sp³-hybridized carbons (Fsp3) is 0.222. The number of phosphoric acid groups is 1. The number of aromatic amines is 1. The summed E-state index contributed by atoms with van der Waals surface area (Å²) < 4.78 is 79.9. The summed E-state index contributed by atoms with van der Waals surface area (Å²) in [6.45, 7) is -4.40. The van der Waals surface area contributed by atoms with Gasteiger partial charge in [-0.2, -0.15) is 18.4 Å². The van der Waals surface area contributed by atoms with E-state index in [-0.39, 0.29) is 11.4 Å². The van der Waals surface area contributed by atoms with Gasteiger partial charge in [-0.1, -0.05) is 0 Å². The number of H-pyrrole nitrogens is 1. The zero-order chi connectivity index (χ0) is 21.4. The largest absolute Gasteiger partial charge is 0.558 e. The van der Waals surface area contributed by atoms with E-state index < -0.39 is 47.7 Å². The zero-order valence-electron chi connectivity index (χ0n) is 13.3. The lowest BCUT2D eigenvalue weighted by Gasteiger charge is -2.29. The number of tetrazole rings is 1. The van der Waals surface area contributed by atoms with Crippen LogP contribution in [0.3, 0.4) is 0 Å². The predicted molar refractivity (Wildman–Crippen MR) is 83.1 cm³/mol. The highest BCUT2D eigenvalue weighted by molar-refractivity contribution is 7.89. The number of hydrogen-bond acceptors (Lipinski definition) is 9. The Labute approximate surface area is 153 Å². The van der Waals surface area contributed by atoms with Gasteiger partial charge in [-0.05, 0) is 29.9 Å². The molecule has 1 aromatic carbocycles. The molecule has 156 valence electrons. The summed E-state index contributed by atoms with van der Waals surface area (Å²) in [5.41, 5.74) is -1.85. The quantitative estimate of drug-likeness (QED) is 0.218. The van der Waals surface area contributed by atoms with Crippen LogP contribution in [0.4, 0.5) is 13.2 Å². The lowest BCUT2D eigenvalue weighted by molar-refractivity contribution is -0.139. The predicted octanol–water partition coefficient (Wildman–Crippen LogP) is -1.26. The van der Waals surface area contributed by atoms with Crippen molar-refractivity contribution in [2.75, 3.05) is 6.44 Å². The Balaban J connectivity index is 2.38. The molecule has 0 amide bonds. The third-order valence-corrected chi connectivity index (χ3v) is 5.12. The number of sulfonamides is 1. The summed E-state index contributed by atoms with van der Waals surface area (Å²) >= 11 is 0. The molecular formula is C9H11BF3N5O8PS-. The van der Waals surface area contributed by atoms with E-state index in [0.717, 1.165) is 6.07 Å². The van der Waals surface area contributed by atoms with Crippen LogP contribution in [0.2, 0.25) is 0 Å². The van der Waals surface area contributed by atoms with Crippen LogP contribution in [0.15, 0.2) is 23.1 Å². The van der Waals surface area contributed by atoms with Crippen LogP contribution in [0.25, 0.3) is 11.4 Å². The highest BCUT2D eigenvalue weighted by atomic mass is 32.2.